The molecule has 7 nitrogen and oxygen atoms in total. The summed E-state index contributed by atoms with van der Waals surface area (Å²) in [7, 11) is 0. The van der Waals surface area contributed by atoms with Gasteiger partial charge in [-0.15, -0.1) is 0 Å². The summed E-state index contributed by atoms with van der Waals surface area (Å²) in [5.41, 5.74) is 2.23. The summed E-state index contributed by atoms with van der Waals surface area (Å²) in [6, 6.07) is 8.69. The number of aryl methyl sites for hydroxylation is 1. The van der Waals surface area contributed by atoms with Gasteiger partial charge in [0, 0.05) is 17.3 Å². The van der Waals surface area contributed by atoms with Crippen molar-refractivity contribution in [1.82, 2.24) is 15.2 Å². The molecule has 2 heterocycles. The van der Waals surface area contributed by atoms with Crippen molar-refractivity contribution >= 4 is 34.2 Å². The van der Waals surface area contributed by atoms with Gasteiger partial charge in [0.1, 0.15) is 5.82 Å². The summed E-state index contributed by atoms with van der Waals surface area (Å²) >= 11 is 0. The molecule has 2 aromatic heterocycles. The van der Waals surface area contributed by atoms with Crippen molar-refractivity contribution in [3.05, 3.63) is 48.3 Å². The van der Waals surface area contributed by atoms with Gasteiger partial charge in [0.2, 0.25) is 0 Å². The number of rotatable bonds is 2. The summed E-state index contributed by atoms with van der Waals surface area (Å²) in [4.78, 5) is 27.7. The first kappa shape index (κ1) is 13.7. The van der Waals surface area contributed by atoms with Crippen LogP contribution in [-0.2, 0) is 9.59 Å². The number of benzene rings is 1. The van der Waals surface area contributed by atoms with Gasteiger partial charge in [0.15, 0.2) is 0 Å². The summed E-state index contributed by atoms with van der Waals surface area (Å²) < 4.78 is 0. The fraction of sp³-hybridized carbons (Fsp3) is 0.0667. The average Bonchev–Trinajstić information content (AvgIpc) is 2.94. The van der Waals surface area contributed by atoms with E-state index >= 15 is 0 Å². The molecular formula is C15H13N5O2. The summed E-state index contributed by atoms with van der Waals surface area (Å²) in [6.45, 7) is 1.87. The van der Waals surface area contributed by atoms with Gasteiger partial charge in [-0.3, -0.25) is 14.7 Å². The van der Waals surface area contributed by atoms with Crippen molar-refractivity contribution in [1.29, 1.82) is 0 Å². The maximum Gasteiger partial charge on any atom is 0.315 e. The van der Waals surface area contributed by atoms with Crippen LogP contribution in [0.4, 0.5) is 11.5 Å². The highest BCUT2D eigenvalue weighted by Crippen LogP contribution is 2.16. The molecule has 3 rings (SSSR count). The third kappa shape index (κ3) is 2.93. The fourth-order valence-corrected chi connectivity index (χ4v) is 1.98. The first-order chi connectivity index (χ1) is 10.6. The Bertz CT molecular complexity index is 856. The average molecular weight is 295 g/mol. The molecule has 0 atom stereocenters. The lowest BCUT2D eigenvalue weighted by Gasteiger charge is -2.06. The van der Waals surface area contributed by atoms with Crippen LogP contribution < -0.4 is 10.6 Å². The maximum absolute atomic E-state index is 11.9. The third-order valence-electron chi connectivity index (χ3n) is 3.06. The van der Waals surface area contributed by atoms with E-state index < -0.39 is 11.8 Å². The van der Waals surface area contributed by atoms with E-state index in [0.717, 1.165) is 16.5 Å². The van der Waals surface area contributed by atoms with Crippen molar-refractivity contribution in [3.63, 3.8) is 0 Å². The highest BCUT2D eigenvalue weighted by molar-refractivity contribution is 6.43. The molecule has 0 saturated carbocycles. The Balaban J connectivity index is 1.69. The van der Waals surface area contributed by atoms with Gasteiger partial charge in [-0.25, -0.2) is 4.98 Å². The van der Waals surface area contributed by atoms with Gasteiger partial charge in [-0.1, -0.05) is 0 Å². The lowest BCUT2D eigenvalue weighted by molar-refractivity contribution is -0.133. The molecular weight excluding hydrogens is 282 g/mol. The second-order valence-corrected chi connectivity index (χ2v) is 4.80. The fourth-order valence-electron chi connectivity index (χ4n) is 1.98. The SMILES string of the molecule is Cc1ccnc(NC(=O)C(=O)Nc2ccc3cn[nH]c3c2)c1. The number of aromatic amines is 1. The molecule has 0 radical (unpaired) electrons. The predicted octanol–water partition coefficient (Wildman–Crippen LogP) is 1.84. The summed E-state index contributed by atoms with van der Waals surface area (Å²) in [5, 5.41) is 12.6. The van der Waals surface area contributed by atoms with E-state index in [4.69, 9.17) is 0 Å². The molecule has 0 unspecified atom stereocenters. The highest BCUT2D eigenvalue weighted by atomic mass is 16.2. The number of carbonyl (C=O) groups excluding carboxylic acids is 2. The molecule has 1 aromatic carbocycles. The van der Waals surface area contributed by atoms with Gasteiger partial charge < -0.3 is 10.6 Å². The molecule has 0 bridgehead atoms. The normalized spacial score (nSPS) is 10.4. The van der Waals surface area contributed by atoms with Gasteiger partial charge in [-0.05, 0) is 42.8 Å². The molecule has 0 aliphatic carbocycles. The molecule has 3 aromatic rings. The molecule has 110 valence electrons. The number of pyridine rings is 1. The smallest absolute Gasteiger partial charge is 0.315 e. The van der Waals surface area contributed by atoms with Crippen LogP contribution in [0.5, 0.6) is 0 Å². The number of anilines is 2. The minimum Gasteiger partial charge on any atom is -0.318 e. The van der Waals surface area contributed by atoms with Crippen molar-refractivity contribution in [2.45, 2.75) is 6.92 Å². The molecule has 22 heavy (non-hydrogen) atoms. The van der Waals surface area contributed by atoms with E-state index in [1.165, 1.54) is 0 Å². The van der Waals surface area contributed by atoms with Crippen molar-refractivity contribution in [3.8, 4) is 0 Å². The first-order valence-electron chi connectivity index (χ1n) is 6.60. The minimum absolute atomic E-state index is 0.337. The van der Waals surface area contributed by atoms with Crippen LogP contribution in [0.3, 0.4) is 0 Å². The van der Waals surface area contributed by atoms with E-state index in [1.807, 2.05) is 6.92 Å². The number of nitrogens with one attached hydrogen (secondary N) is 3. The van der Waals surface area contributed by atoms with Crippen LogP contribution in [0.2, 0.25) is 0 Å². The highest BCUT2D eigenvalue weighted by Gasteiger charge is 2.14. The Hall–Kier alpha value is -3.22. The zero-order chi connectivity index (χ0) is 15.5. The summed E-state index contributed by atoms with van der Waals surface area (Å²) in [6.07, 6.45) is 3.24. The Labute approximate surface area is 125 Å². The minimum atomic E-state index is -0.775. The van der Waals surface area contributed by atoms with Crippen LogP contribution in [0.25, 0.3) is 10.9 Å². The molecule has 3 N–H and O–H groups in total. The molecule has 2 amide bonds. The molecule has 0 saturated heterocycles. The number of carbonyl (C=O) groups is 2. The lowest BCUT2D eigenvalue weighted by atomic mass is 10.2. The number of nitrogens with zero attached hydrogens (tertiary/aromatic N) is 2. The quantitative estimate of drug-likeness (QED) is 0.628. The van der Waals surface area contributed by atoms with E-state index in [-0.39, 0.29) is 0 Å². The second kappa shape index (κ2) is 5.65. The largest absolute Gasteiger partial charge is 0.318 e. The topological polar surface area (TPSA) is 99.8 Å². The third-order valence-corrected chi connectivity index (χ3v) is 3.06. The molecule has 0 fully saturated rings. The van der Waals surface area contributed by atoms with Gasteiger partial charge in [0.05, 0.1) is 11.7 Å². The maximum atomic E-state index is 11.9. The summed E-state index contributed by atoms with van der Waals surface area (Å²) in [5.74, 6) is -1.20. The number of hydrogen-bond donors (Lipinski definition) is 3. The van der Waals surface area contributed by atoms with E-state index in [9.17, 15) is 9.59 Å². The van der Waals surface area contributed by atoms with Crippen molar-refractivity contribution in [2.75, 3.05) is 10.6 Å². The monoisotopic (exact) mass is 295 g/mol. The Morgan fingerprint density at radius 1 is 1.09 bits per heavy atom. The van der Waals surface area contributed by atoms with Crippen molar-refractivity contribution < 1.29 is 9.59 Å². The Morgan fingerprint density at radius 2 is 1.91 bits per heavy atom. The number of fused-ring (bicyclic) bond motifs is 1. The van der Waals surface area contributed by atoms with Gasteiger partial charge >= 0.3 is 11.8 Å². The van der Waals surface area contributed by atoms with E-state index in [1.54, 1.807) is 42.7 Å². The van der Waals surface area contributed by atoms with Gasteiger partial charge in [0.25, 0.3) is 0 Å². The number of aromatic nitrogens is 3. The first-order valence-corrected chi connectivity index (χ1v) is 6.60. The molecule has 0 aliphatic heterocycles. The number of hydrogen-bond acceptors (Lipinski definition) is 4. The van der Waals surface area contributed by atoms with Crippen LogP contribution in [0, 0.1) is 6.92 Å². The Morgan fingerprint density at radius 3 is 2.73 bits per heavy atom. The predicted molar refractivity (Wildman–Crippen MR) is 82.3 cm³/mol. The standard InChI is InChI=1S/C15H13N5O2/c1-9-4-5-16-13(6-9)19-15(22)14(21)18-11-3-2-10-8-17-20-12(10)7-11/h2-8H,1H3,(H,17,20)(H,18,21)(H,16,19,22). The van der Waals surface area contributed by atoms with Crippen LogP contribution in [0.15, 0.2) is 42.7 Å². The number of amides is 2. The molecule has 0 spiro atoms. The molecule has 7 heteroatoms. The lowest BCUT2D eigenvalue weighted by Crippen LogP contribution is -2.29. The number of H-pyrrole nitrogens is 1. The van der Waals surface area contributed by atoms with Gasteiger partial charge in [-0.2, -0.15) is 5.10 Å². The van der Waals surface area contributed by atoms with E-state index in [2.05, 4.69) is 25.8 Å². The van der Waals surface area contributed by atoms with E-state index in [0.29, 0.717) is 11.5 Å². The zero-order valence-corrected chi connectivity index (χ0v) is 11.8. The zero-order valence-electron chi connectivity index (χ0n) is 11.8. The van der Waals surface area contributed by atoms with Crippen molar-refractivity contribution in [2.24, 2.45) is 0 Å². The second-order valence-electron chi connectivity index (χ2n) is 4.80. The Kier molecular flexibility index (Phi) is 3.53. The van der Waals surface area contributed by atoms with Crippen LogP contribution >= 0.6 is 0 Å². The van der Waals surface area contributed by atoms with Crippen LogP contribution in [0.1, 0.15) is 5.56 Å². The van der Waals surface area contributed by atoms with Crippen LogP contribution in [-0.4, -0.2) is 27.0 Å². The molecule has 0 aliphatic rings.